The van der Waals surface area contributed by atoms with E-state index in [1.54, 1.807) is 12.4 Å². The fraction of sp³-hybridized carbons (Fsp3) is 0. The fourth-order valence-corrected chi connectivity index (χ4v) is 7.09. The average molecular weight is 616 g/mol. The molecule has 0 bridgehead atoms. The number of para-hydroxylation sites is 2. The Bertz CT molecular complexity index is 2610. The first kappa shape index (κ1) is 26.5. The Morgan fingerprint density at radius 3 is 1.88 bits per heavy atom. The summed E-state index contributed by atoms with van der Waals surface area (Å²) in [5.74, 6) is 1.47. The predicted molar refractivity (Wildman–Crippen MR) is 192 cm³/mol. The largest absolute Gasteiger partial charge is 0.309 e. The van der Waals surface area contributed by atoms with Crippen LogP contribution in [0.3, 0.4) is 0 Å². The van der Waals surface area contributed by atoms with Crippen molar-refractivity contribution in [3.8, 4) is 40.1 Å². The fourth-order valence-electron chi connectivity index (χ4n) is 7.09. The van der Waals surface area contributed by atoms with Crippen LogP contribution < -0.4 is 4.90 Å². The molecule has 0 atom stereocenters. The lowest BCUT2D eigenvalue weighted by atomic mass is 9.89. The zero-order valence-electron chi connectivity index (χ0n) is 25.6. The molecule has 0 unspecified atom stereocenters. The van der Waals surface area contributed by atoms with Gasteiger partial charge in [-0.1, -0.05) is 84.9 Å². The van der Waals surface area contributed by atoms with E-state index in [0.29, 0.717) is 29.0 Å². The zero-order valence-corrected chi connectivity index (χ0v) is 25.6. The number of hydrogen-bond donors (Lipinski definition) is 0. The van der Waals surface area contributed by atoms with Crippen molar-refractivity contribution in [2.24, 2.45) is 0 Å². The van der Waals surface area contributed by atoms with E-state index < -0.39 is 0 Å². The predicted octanol–water partition coefficient (Wildman–Crippen LogP) is 9.70. The molecule has 1 aliphatic heterocycles. The van der Waals surface area contributed by atoms with E-state index in [-0.39, 0.29) is 0 Å². The Morgan fingerprint density at radius 1 is 0.458 bits per heavy atom. The summed E-state index contributed by atoms with van der Waals surface area (Å²) in [6.45, 7) is 0. The maximum Gasteiger partial charge on any atom is 0.238 e. The molecule has 0 aliphatic carbocycles. The maximum absolute atomic E-state index is 5.07. The highest BCUT2D eigenvalue weighted by atomic mass is 15.2. The smallest absolute Gasteiger partial charge is 0.238 e. The first-order valence-corrected chi connectivity index (χ1v) is 15.9. The van der Waals surface area contributed by atoms with Crippen LogP contribution in [-0.2, 0) is 0 Å². The minimum Gasteiger partial charge on any atom is -0.309 e. The molecule has 7 heteroatoms. The molecule has 0 radical (unpaired) electrons. The number of rotatable bonds is 4. The number of hydrogen-bond acceptors (Lipinski definition) is 6. The summed E-state index contributed by atoms with van der Waals surface area (Å²) in [6, 6.07) is 48.2. The topological polar surface area (TPSA) is 72.6 Å². The SMILES string of the molecule is c1ccc(N2c3cccc4cccc(c34)-c3ccc4c(c32)c2ccccc2n4-c2nc(-c3ccccn3)nc(-c3ccccn3)n2)cc1. The second-order valence-electron chi connectivity index (χ2n) is 11.8. The van der Waals surface area contributed by atoms with Crippen molar-refractivity contribution in [2.75, 3.05) is 4.90 Å². The molecule has 5 aromatic carbocycles. The minimum absolute atomic E-state index is 0.483. The van der Waals surface area contributed by atoms with Gasteiger partial charge in [-0.15, -0.1) is 0 Å². The molecule has 0 fully saturated rings. The molecule has 0 saturated heterocycles. The molecule has 48 heavy (non-hydrogen) atoms. The van der Waals surface area contributed by atoms with Gasteiger partial charge in [-0.2, -0.15) is 9.97 Å². The van der Waals surface area contributed by atoms with E-state index in [0.717, 1.165) is 38.9 Å². The Hall–Kier alpha value is -6.73. The Morgan fingerprint density at radius 2 is 1.15 bits per heavy atom. The van der Waals surface area contributed by atoms with Crippen LogP contribution in [0.25, 0.3) is 72.7 Å². The van der Waals surface area contributed by atoms with Crippen molar-refractivity contribution in [1.29, 1.82) is 0 Å². The van der Waals surface area contributed by atoms with E-state index >= 15 is 0 Å². The number of pyridine rings is 2. The summed E-state index contributed by atoms with van der Waals surface area (Å²) in [5.41, 5.74) is 9.10. The average Bonchev–Trinajstić information content (AvgIpc) is 3.51. The number of benzene rings is 5. The lowest BCUT2D eigenvalue weighted by Crippen LogP contribution is -2.15. The van der Waals surface area contributed by atoms with Crippen LogP contribution in [0.4, 0.5) is 17.1 Å². The summed E-state index contributed by atoms with van der Waals surface area (Å²) < 4.78 is 2.15. The van der Waals surface area contributed by atoms with Crippen molar-refractivity contribution in [3.05, 3.63) is 152 Å². The van der Waals surface area contributed by atoms with Gasteiger partial charge in [0.1, 0.15) is 11.4 Å². The molecule has 4 aromatic heterocycles. The minimum atomic E-state index is 0.483. The van der Waals surface area contributed by atoms with Gasteiger partial charge in [0.05, 0.1) is 22.4 Å². The summed E-state index contributed by atoms with van der Waals surface area (Å²) in [7, 11) is 0. The second-order valence-corrected chi connectivity index (χ2v) is 11.8. The van der Waals surface area contributed by atoms with Crippen LogP contribution in [0.15, 0.2) is 152 Å². The highest BCUT2D eigenvalue weighted by Crippen LogP contribution is 2.54. The van der Waals surface area contributed by atoms with Crippen LogP contribution in [0.1, 0.15) is 0 Å². The van der Waals surface area contributed by atoms with Gasteiger partial charge in [0, 0.05) is 39.8 Å². The van der Waals surface area contributed by atoms with E-state index in [1.165, 1.54) is 21.9 Å². The molecule has 7 nitrogen and oxygen atoms in total. The van der Waals surface area contributed by atoms with Gasteiger partial charge < -0.3 is 4.90 Å². The second kappa shape index (κ2) is 10.4. The van der Waals surface area contributed by atoms with Gasteiger partial charge >= 0.3 is 0 Å². The van der Waals surface area contributed by atoms with Gasteiger partial charge in [0.15, 0.2) is 11.6 Å². The van der Waals surface area contributed by atoms with E-state index in [2.05, 4.69) is 123 Å². The Balaban J connectivity index is 1.33. The maximum atomic E-state index is 5.07. The quantitative estimate of drug-likeness (QED) is 0.196. The molecule has 5 heterocycles. The van der Waals surface area contributed by atoms with Crippen molar-refractivity contribution >= 4 is 49.6 Å². The third-order valence-electron chi connectivity index (χ3n) is 9.07. The van der Waals surface area contributed by atoms with Crippen molar-refractivity contribution in [1.82, 2.24) is 29.5 Å². The number of fused-ring (bicyclic) bond motifs is 6. The van der Waals surface area contributed by atoms with Crippen molar-refractivity contribution in [3.63, 3.8) is 0 Å². The van der Waals surface area contributed by atoms with E-state index in [1.807, 2.05) is 36.4 Å². The number of aromatic nitrogens is 6. The summed E-state index contributed by atoms with van der Waals surface area (Å²) >= 11 is 0. The molecule has 0 saturated carbocycles. The summed E-state index contributed by atoms with van der Waals surface area (Å²) in [6.07, 6.45) is 3.51. The monoisotopic (exact) mass is 615 g/mol. The van der Waals surface area contributed by atoms with Crippen LogP contribution in [0, 0.1) is 0 Å². The molecule has 0 amide bonds. The first-order chi connectivity index (χ1) is 23.8. The van der Waals surface area contributed by atoms with Crippen LogP contribution in [0.5, 0.6) is 0 Å². The van der Waals surface area contributed by atoms with Crippen LogP contribution in [0.2, 0.25) is 0 Å². The molecule has 9 aromatic rings. The third kappa shape index (κ3) is 3.91. The van der Waals surface area contributed by atoms with E-state index in [4.69, 9.17) is 15.0 Å². The molecule has 0 spiro atoms. The van der Waals surface area contributed by atoms with E-state index in [9.17, 15) is 0 Å². The van der Waals surface area contributed by atoms with Gasteiger partial charge in [0.2, 0.25) is 5.95 Å². The lowest BCUT2D eigenvalue weighted by Gasteiger charge is -2.34. The van der Waals surface area contributed by atoms with Crippen molar-refractivity contribution in [2.45, 2.75) is 0 Å². The Kier molecular flexibility index (Phi) is 5.74. The Labute approximate surface area is 275 Å². The molecule has 1 aliphatic rings. The van der Waals surface area contributed by atoms with Crippen LogP contribution >= 0.6 is 0 Å². The molecule has 224 valence electrons. The van der Waals surface area contributed by atoms with Crippen molar-refractivity contribution < 1.29 is 0 Å². The third-order valence-corrected chi connectivity index (χ3v) is 9.07. The number of anilines is 3. The van der Waals surface area contributed by atoms with Gasteiger partial charge in [-0.25, -0.2) is 4.98 Å². The van der Waals surface area contributed by atoms with Gasteiger partial charge in [0.25, 0.3) is 0 Å². The summed E-state index contributed by atoms with van der Waals surface area (Å²) in [5, 5.41) is 4.69. The highest BCUT2D eigenvalue weighted by Gasteiger charge is 2.30. The molecular weight excluding hydrogens is 591 g/mol. The number of nitrogens with zero attached hydrogens (tertiary/aromatic N) is 7. The highest BCUT2D eigenvalue weighted by molar-refractivity contribution is 6.24. The van der Waals surface area contributed by atoms with Crippen LogP contribution in [-0.4, -0.2) is 29.5 Å². The lowest BCUT2D eigenvalue weighted by molar-refractivity contribution is 0.943. The van der Waals surface area contributed by atoms with Gasteiger partial charge in [-0.05, 0) is 65.5 Å². The van der Waals surface area contributed by atoms with Gasteiger partial charge in [-0.3, -0.25) is 14.5 Å². The normalized spacial score (nSPS) is 12.1. The molecular formula is C41H25N7. The first-order valence-electron chi connectivity index (χ1n) is 15.9. The molecule has 10 rings (SSSR count). The summed E-state index contributed by atoms with van der Waals surface area (Å²) in [4.78, 5) is 26.6. The molecule has 0 N–H and O–H groups in total. The zero-order chi connectivity index (χ0) is 31.6. The standard InChI is InChI=1S/C41H25N7/c1-2-14-27(15-3-1)47-34-21-11-13-26-12-10-17-28(36(26)34)29-22-23-35-37(38(29)47)30-16-4-5-20-33(30)48(35)41-45-39(31-18-6-8-24-42-31)44-40(46-41)32-19-7-9-25-43-32/h1-25H.